The topological polar surface area (TPSA) is 91.0 Å². The lowest BCUT2D eigenvalue weighted by atomic mass is 10.2. The molecule has 9 heteroatoms. The molecule has 2 fully saturated rings. The number of carbonyl (C=O) groups is 1. The molecule has 4 rings (SSSR count). The lowest BCUT2D eigenvalue weighted by Crippen LogP contribution is -2.40. The van der Waals surface area contributed by atoms with E-state index in [1.54, 1.807) is 25.1 Å². The molecule has 0 radical (unpaired) electrons. The van der Waals surface area contributed by atoms with E-state index >= 15 is 0 Å². The van der Waals surface area contributed by atoms with Crippen LogP contribution in [0.2, 0.25) is 0 Å². The van der Waals surface area contributed by atoms with Crippen LogP contribution in [0.5, 0.6) is 0 Å². The van der Waals surface area contributed by atoms with Gasteiger partial charge >= 0.3 is 0 Å². The molecule has 0 saturated carbocycles. The summed E-state index contributed by atoms with van der Waals surface area (Å²) in [6.45, 7) is 5.39. The van der Waals surface area contributed by atoms with E-state index in [0.717, 1.165) is 18.8 Å². The molecule has 0 aromatic heterocycles. The summed E-state index contributed by atoms with van der Waals surface area (Å²) < 4.78 is 32.4. The maximum atomic E-state index is 12.9. The Morgan fingerprint density at radius 1 is 0.969 bits per heavy atom. The molecule has 0 unspecified atom stereocenters. The van der Waals surface area contributed by atoms with Gasteiger partial charge in [-0.1, -0.05) is 6.07 Å². The van der Waals surface area contributed by atoms with Crippen molar-refractivity contribution >= 4 is 33.0 Å². The minimum atomic E-state index is -3.62. The summed E-state index contributed by atoms with van der Waals surface area (Å²) in [5.74, 6) is -0.241. The fraction of sp³-hybridized carbons (Fsp3) is 0.435. The maximum absolute atomic E-state index is 12.9. The second kappa shape index (κ2) is 9.89. The largest absolute Gasteiger partial charge is 0.379 e. The highest BCUT2D eigenvalue weighted by Crippen LogP contribution is 2.23. The molecule has 2 saturated heterocycles. The van der Waals surface area contributed by atoms with E-state index in [0.29, 0.717) is 32.0 Å². The van der Waals surface area contributed by atoms with Gasteiger partial charge in [0.05, 0.1) is 18.1 Å². The molecule has 0 spiro atoms. The van der Waals surface area contributed by atoms with Gasteiger partial charge in [-0.15, -0.1) is 0 Å². The molecule has 2 aromatic rings. The zero-order valence-corrected chi connectivity index (χ0v) is 19.1. The molecule has 0 aliphatic carbocycles. The number of nitrogens with one attached hydrogen (secondary N) is 2. The number of hydrogen-bond donors (Lipinski definition) is 2. The summed E-state index contributed by atoms with van der Waals surface area (Å²) >= 11 is 0. The number of morpholine rings is 1. The van der Waals surface area contributed by atoms with E-state index < -0.39 is 16.1 Å². The van der Waals surface area contributed by atoms with Crippen LogP contribution in [-0.2, 0) is 19.6 Å². The number of hydrogen-bond acceptors (Lipinski definition) is 6. The minimum Gasteiger partial charge on any atom is -0.379 e. The normalized spacial score (nSPS) is 18.3. The molecule has 32 heavy (non-hydrogen) atoms. The average Bonchev–Trinajstić information content (AvgIpc) is 3.35. The van der Waals surface area contributed by atoms with E-state index in [-0.39, 0.29) is 10.8 Å². The summed E-state index contributed by atoms with van der Waals surface area (Å²) in [7, 11) is -3.62. The standard InChI is InChI=1S/C23H30N4O4S/c1-18(24-19-7-9-21(10-8-19)26-11-2-3-12-26)23(28)25-20-5-4-6-22(17-20)32(29,30)27-13-15-31-16-14-27/h4-10,17-18,24H,2-3,11-16H2,1H3,(H,25,28)/t18-/m1/s1. The zero-order chi connectivity index (χ0) is 22.6. The van der Waals surface area contributed by atoms with Gasteiger partial charge in [-0.05, 0) is 62.2 Å². The second-order valence-corrected chi connectivity index (χ2v) is 10.1. The van der Waals surface area contributed by atoms with Crippen molar-refractivity contribution in [3.63, 3.8) is 0 Å². The zero-order valence-electron chi connectivity index (χ0n) is 18.3. The number of amides is 1. The first-order valence-electron chi connectivity index (χ1n) is 11.0. The summed E-state index contributed by atoms with van der Waals surface area (Å²) in [5.41, 5.74) is 2.50. The van der Waals surface area contributed by atoms with Crippen LogP contribution >= 0.6 is 0 Å². The molecule has 0 bridgehead atoms. The van der Waals surface area contributed by atoms with Crippen molar-refractivity contribution in [2.75, 3.05) is 54.9 Å². The molecule has 1 atom stereocenters. The Morgan fingerprint density at radius 3 is 2.34 bits per heavy atom. The van der Waals surface area contributed by atoms with Gasteiger partial charge in [0.15, 0.2) is 0 Å². The highest BCUT2D eigenvalue weighted by Gasteiger charge is 2.26. The van der Waals surface area contributed by atoms with E-state index in [4.69, 9.17) is 4.74 Å². The lowest BCUT2D eigenvalue weighted by molar-refractivity contribution is -0.116. The number of ether oxygens (including phenoxy) is 1. The Morgan fingerprint density at radius 2 is 1.66 bits per heavy atom. The Bertz CT molecular complexity index is 1030. The summed E-state index contributed by atoms with van der Waals surface area (Å²) in [5, 5.41) is 6.02. The number of rotatable bonds is 7. The van der Waals surface area contributed by atoms with Gasteiger partial charge in [0.1, 0.15) is 6.04 Å². The van der Waals surface area contributed by atoms with Crippen LogP contribution < -0.4 is 15.5 Å². The van der Waals surface area contributed by atoms with Crippen LogP contribution in [0, 0.1) is 0 Å². The Labute approximate surface area is 189 Å². The highest BCUT2D eigenvalue weighted by atomic mass is 32.2. The molecule has 1 amide bonds. The second-order valence-electron chi connectivity index (χ2n) is 8.14. The molecule has 2 aromatic carbocycles. The van der Waals surface area contributed by atoms with Crippen LogP contribution in [-0.4, -0.2) is 64.1 Å². The lowest BCUT2D eigenvalue weighted by Gasteiger charge is -2.26. The molecule has 2 N–H and O–H groups in total. The number of nitrogens with zero attached hydrogens (tertiary/aromatic N) is 2. The number of benzene rings is 2. The van der Waals surface area contributed by atoms with E-state index in [1.807, 2.05) is 12.1 Å². The Balaban J connectivity index is 1.37. The maximum Gasteiger partial charge on any atom is 0.246 e. The number of anilines is 3. The van der Waals surface area contributed by atoms with Crippen LogP contribution in [0.1, 0.15) is 19.8 Å². The summed E-state index contributed by atoms with van der Waals surface area (Å²) in [6.07, 6.45) is 2.46. The summed E-state index contributed by atoms with van der Waals surface area (Å²) in [6, 6.07) is 14.0. The molecule has 8 nitrogen and oxygen atoms in total. The fourth-order valence-electron chi connectivity index (χ4n) is 3.98. The molecule has 2 heterocycles. The van der Waals surface area contributed by atoms with Crippen LogP contribution in [0.4, 0.5) is 17.1 Å². The number of sulfonamides is 1. The first kappa shape index (κ1) is 22.6. The monoisotopic (exact) mass is 458 g/mol. The minimum absolute atomic E-state index is 0.162. The van der Waals surface area contributed by atoms with E-state index in [2.05, 4.69) is 27.7 Å². The Kier molecular flexibility index (Phi) is 6.98. The van der Waals surface area contributed by atoms with Gasteiger partial charge < -0.3 is 20.3 Å². The van der Waals surface area contributed by atoms with Crippen LogP contribution in [0.25, 0.3) is 0 Å². The predicted molar refractivity (Wildman–Crippen MR) is 126 cm³/mol. The quantitative estimate of drug-likeness (QED) is 0.663. The van der Waals surface area contributed by atoms with Crippen molar-refractivity contribution in [2.45, 2.75) is 30.7 Å². The third-order valence-corrected chi connectivity index (χ3v) is 7.72. The van der Waals surface area contributed by atoms with Crippen molar-refractivity contribution in [2.24, 2.45) is 0 Å². The van der Waals surface area contributed by atoms with Crippen molar-refractivity contribution in [1.82, 2.24) is 4.31 Å². The van der Waals surface area contributed by atoms with Crippen LogP contribution in [0.3, 0.4) is 0 Å². The third kappa shape index (κ3) is 5.23. The molecule has 2 aliphatic heterocycles. The van der Waals surface area contributed by atoms with Gasteiger partial charge in [-0.3, -0.25) is 4.79 Å². The molecular formula is C23H30N4O4S. The summed E-state index contributed by atoms with van der Waals surface area (Å²) in [4.78, 5) is 15.2. The van der Waals surface area contributed by atoms with Gasteiger partial charge in [-0.2, -0.15) is 4.31 Å². The molecule has 172 valence electrons. The van der Waals surface area contributed by atoms with Gasteiger partial charge in [0.2, 0.25) is 15.9 Å². The molecule has 2 aliphatic rings. The van der Waals surface area contributed by atoms with E-state index in [9.17, 15) is 13.2 Å². The average molecular weight is 459 g/mol. The Hall–Kier alpha value is -2.62. The van der Waals surface area contributed by atoms with Crippen molar-refractivity contribution < 1.29 is 17.9 Å². The van der Waals surface area contributed by atoms with Gasteiger partial charge in [0.25, 0.3) is 0 Å². The van der Waals surface area contributed by atoms with Crippen molar-refractivity contribution in [3.8, 4) is 0 Å². The highest BCUT2D eigenvalue weighted by molar-refractivity contribution is 7.89. The smallest absolute Gasteiger partial charge is 0.246 e. The predicted octanol–water partition coefficient (Wildman–Crippen LogP) is 2.75. The SMILES string of the molecule is C[C@@H](Nc1ccc(N2CCCC2)cc1)C(=O)Nc1cccc(S(=O)(=O)N2CCOCC2)c1. The van der Waals surface area contributed by atoms with Crippen molar-refractivity contribution in [3.05, 3.63) is 48.5 Å². The number of carbonyl (C=O) groups excluding carboxylic acids is 1. The van der Waals surface area contributed by atoms with Crippen LogP contribution in [0.15, 0.2) is 53.4 Å². The van der Waals surface area contributed by atoms with E-state index in [1.165, 1.54) is 28.9 Å². The van der Waals surface area contributed by atoms with Gasteiger partial charge in [0, 0.05) is 43.2 Å². The van der Waals surface area contributed by atoms with Gasteiger partial charge in [-0.25, -0.2) is 8.42 Å². The molecular weight excluding hydrogens is 428 g/mol. The third-order valence-electron chi connectivity index (χ3n) is 5.82. The first-order chi connectivity index (χ1) is 15.4. The first-order valence-corrected chi connectivity index (χ1v) is 12.5. The fourth-order valence-corrected chi connectivity index (χ4v) is 5.43. The van der Waals surface area contributed by atoms with Crippen molar-refractivity contribution in [1.29, 1.82) is 0 Å².